The highest BCUT2D eigenvalue weighted by molar-refractivity contribution is 6.11. The van der Waals surface area contributed by atoms with Gasteiger partial charge in [-0.05, 0) is 49.0 Å². The van der Waals surface area contributed by atoms with Gasteiger partial charge in [-0.2, -0.15) is 9.78 Å². The first-order valence-electron chi connectivity index (χ1n) is 10.8. The van der Waals surface area contributed by atoms with Gasteiger partial charge in [0.1, 0.15) is 0 Å². The maximum absolute atomic E-state index is 13.3. The Morgan fingerprint density at radius 3 is 2.31 bits per heavy atom. The van der Waals surface area contributed by atoms with Crippen molar-refractivity contribution in [2.75, 3.05) is 18.4 Å². The number of amides is 1. The van der Waals surface area contributed by atoms with Crippen molar-refractivity contribution in [1.29, 1.82) is 0 Å². The fraction of sp³-hybridized carbons (Fsp3) is 0.192. The quantitative estimate of drug-likeness (QED) is 0.473. The summed E-state index contributed by atoms with van der Waals surface area (Å²) in [5.74, 6) is -0.356. The third-order valence-electron chi connectivity index (χ3n) is 5.51. The van der Waals surface area contributed by atoms with Crippen LogP contribution in [0.4, 0.5) is 5.69 Å². The van der Waals surface area contributed by atoms with E-state index in [9.17, 15) is 9.59 Å². The molecule has 0 fully saturated rings. The zero-order valence-corrected chi connectivity index (χ0v) is 18.3. The second-order valence-electron chi connectivity index (χ2n) is 7.56. The monoisotopic (exact) mass is 426 g/mol. The number of para-hydroxylation sites is 1. The summed E-state index contributed by atoms with van der Waals surface area (Å²) >= 11 is 0. The van der Waals surface area contributed by atoms with Crippen molar-refractivity contribution in [2.45, 2.75) is 20.4 Å². The van der Waals surface area contributed by atoms with Crippen LogP contribution < -0.4 is 10.9 Å². The van der Waals surface area contributed by atoms with Gasteiger partial charge in [-0.25, -0.2) is 0 Å². The molecule has 0 bridgehead atoms. The Labute approximate surface area is 187 Å². The van der Waals surface area contributed by atoms with Gasteiger partial charge < -0.3 is 5.32 Å². The van der Waals surface area contributed by atoms with Gasteiger partial charge in [0.25, 0.3) is 11.5 Å². The summed E-state index contributed by atoms with van der Waals surface area (Å²) in [6.45, 7) is 7.01. The van der Waals surface area contributed by atoms with E-state index in [2.05, 4.69) is 35.2 Å². The van der Waals surface area contributed by atoms with Gasteiger partial charge in [0.15, 0.2) is 5.69 Å². The van der Waals surface area contributed by atoms with Gasteiger partial charge in [-0.3, -0.25) is 14.5 Å². The molecule has 0 aliphatic heterocycles. The minimum Gasteiger partial charge on any atom is -0.321 e. The first kappa shape index (κ1) is 21.5. The molecule has 3 aromatic carbocycles. The summed E-state index contributed by atoms with van der Waals surface area (Å²) in [5.41, 5.74) is 2.38. The molecule has 0 saturated carbocycles. The lowest BCUT2D eigenvalue weighted by atomic mass is 10.1. The predicted octanol–water partition coefficient (Wildman–Crippen LogP) is 4.48. The highest BCUT2D eigenvalue weighted by Gasteiger charge is 2.18. The van der Waals surface area contributed by atoms with E-state index >= 15 is 0 Å². The molecule has 1 heterocycles. The molecule has 1 N–H and O–H groups in total. The summed E-state index contributed by atoms with van der Waals surface area (Å²) in [6.07, 6.45) is 0. The molecule has 6 heteroatoms. The Hall–Kier alpha value is -3.77. The maximum Gasteiger partial charge on any atom is 0.279 e. The molecule has 6 nitrogen and oxygen atoms in total. The molecule has 0 atom stereocenters. The van der Waals surface area contributed by atoms with E-state index in [1.807, 2.05) is 36.4 Å². The molecule has 1 aromatic heterocycles. The molecule has 0 unspecified atom stereocenters. The van der Waals surface area contributed by atoms with E-state index < -0.39 is 0 Å². The van der Waals surface area contributed by atoms with Crippen LogP contribution in [-0.4, -0.2) is 33.7 Å². The van der Waals surface area contributed by atoms with Gasteiger partial charge >= 0.3 is 0 Å². The third kappa shape index (κ3) is 4.45. The largest absolute Gasteiger partial charge is 0.321 e. The van der Waals surface area contributed by atoms with E-state index in [1.165, 1.54) is 4.68 Å². The fourth-order valence-corrected chi connectivity index (χ4v) is 3.74. The lowest BCUT2D eigenvalue weighted by molar-refractivity contribution is 0.102. The van der Waals surface area contributed by atoms with Crippen molar-refractivity contribution >= 4 is 22.4 Å². The van der Waals surface area contributed by atoms with E-state index in [1.54, 1.807) is 36.4 Å². The molecule has 1 amide bonds. The van der Waals surface area contributed by atoms with Crippen LogP contribution >= 0.6 is 0 Å². The zero-order chi connectivity index (χ0) is 22.5. The predicted molar refractivity (Wildman–Crippen MR) is 128 cm³/mol. The van der Waals surface area contributed by atoms with Gasteiger partial charge in [-0.15, -0.1) is 0 Å². The molecule has 0 radical (unpaired) electrons. The standard InChI is InChI=1S/C26H26N4O2/c1-3-29(4-2)18-19-11-10-12-20(17-19)27-25(31)24-22-15-8-9-16-23(22)26(32)30(28-24)21-13-6-5-7-14-21/h5-17H,3-4,18H2,1-2H3,(H,27,31). The second kappa shape index (κ2) is 9.58. The zero-order valence-electron chi connectivity index (χ0n) is 18.3. The number of hydrogen-bond acceptors (Lipinski definition) is 4. The van der Waals surface area contributed by atoms with E-state index in [4.69, 9.17) is 0 Å². The average Bonchev–Trinajstić information content (AvgIpc) is 2.83. The highest BCUT2D eigenvalue weighted by atomic mass is 16.2. The van der Waals surface area contributed by atoms with Crippen LogP contribution in [-0.2, 0) is 6.54 Å². The molecule has 4 aromatic rings. The van der Waals surface area contributed by atoms with Crippen molar-refractivity contribution in [3.8, 4) is 5.69 Å². The summed E-state index contributed by atoms with van der Waals surface area (Å²) in [7, 11) is 0. The number of aromatic nitrogens is 2. The van der Waals surface area contributed by atoms with Crippen LogP contribution in [0.2, 0.25) is 0 Å². The topological polar surface area (TPSA) is 67.2 Å². The molecular formula is C26H26N4O2. The van der Waals surface area contributed by atoms with Crippen molar-refractivity contribution in [1.82, 2.24) is 14.7 Å². The van der Waals surface area contributed by atoms with Crippen molar-refractivity contribution in [2.24, 2.45) is 0 Å². The van der Waals surface area contributed by atoms with E-state index in [0.717, 1.165) is 25.2 Å². The number of benzene rings is 3. The number of carbonyl (C=O) groups is 1. The first-order chi connectivity index (χ1) is 15.6. The Morgan fingerprint density at radius 2 is 1.59 bits per heavy atom. The molecule has 0 aliphatic carbocycles. The Morgan fingerprint density at radius 1 is 0.906 bits per heavy atom. The number of nitrogens with one attached hydrogen (secondary N) is 1. The Bertz CT molecular complexity index is 1290. The summed E-state index contributed by atoms with van der Waals surface area (Å²) < 4.78 is 1.29. The normalized spacial score (nSPS) is 11.1. The van der Waals surface area contributed by atoms with Gasteiger partial charge in [0.2, 0.25) is 0 Å². The van der Waals surface area contributed by atoms with Crippen molar-refractivity contribution in [3.63, 3.8) is 0 Å². The van der Waals surface area contributed by atoms with Crippen LogP contribution in [0.15, 0.2) is 83.7 Å². The molecular weight excluding hydrogens is 400 g/mol. The number of hydrogen-bond donors (Lipinski definition) is 1. The Kier molecular flexibility index (Phi) is 6.42. The number of anilines is 1. The van der Waals surface area contributed by atoms with Crippen LogP contribution in [0.3, 0.4) is 0 Å². The molecule has 0 aliphatic rings. The van der Waals surface area contributed by atoms with E-state index in [0.29, 0.717) is 22.1 Å². The van der Waals surface area contributed by atoms with Gasteiger partial charge in [0, 0.05) is 17.6 Å². The summed E-state index contributed by atoms with van der Waals surface area (Å²) in [5, 5.41) is 8.39. The highest BCUT2D eigenvalue weighted by Crippen LogP contribution is 2.18. The molecule has 162 valence electrons. The van der Waals surface area contributed by atoms with Crippen LogP contribution in [0, 0.1) is 0 Å². The van der Waals surface area contributed by atoms with Crippen LogP contribution in [0.5, 0.6) is 0 Å². The maximum atomic E-state index is 13.3. The molecule has 4 rings (SSSR count). The molecule has 0 spiro atoms. The number of fused-ring (bicyclic) bond motifs is 1. The van der Waals surface area contributed by atoms with Crippen LogP contribution in [0.1, 0.15) is 29.9 Å². The van der Waals surface area contributed by atoms with Crippen LogP contribution in [0.25, 0.3) is 16.5 Å². The molecule has 0 saturated heterocycles. The fourth-order valence-electron chi connectivity index (χ4n) is 3.74. The van der Waals surface area contributed by atoms with Crippen molar-refractivity contribution in [3.05, 3.63) is 100 Å². The number of nitrogens with zero attached hydrogens (tertiary/aromatic N) is 3. The van der Waals surface area contributed by atoms with E-state index in [-0.39, 0.29) is 17.2 Å². The minimum absolute atomic E-state index is 0.207. The van der Waals surface area contributed by atoms with Crippen molar-refractivity contribution < 1.29 is 4.79 Å². The number of carbonyl (C=O) groups excluding carboxylic acids is 1. The van der Waals surface area contributed by atoms with Gasteiger partial charge in [-0.1, -0.05) is 62.4 Å². The SMILES string of the molecule is CCN(CC)Cc1cccc(NC(=O)c2nn(-c3ccccc3)c(=O)c3ccccc23)c1. The smallest absolute Gasteiger partial charge is 0.279 e. The summed E-state index contributed by atoms with van der Waals surface area (Å²) in [6, 6.07) is 24.0. The van der Waals surface area contributed by atoms with Gasteiger partial charge in [0.05, 0.1) is 11.1 Å². The second-order valence-corrected chi connectivity index (χ2v) is 7.56. The summed E-state index contributed by atoms with van der Waals surface area (Å²) in [4.78, 5) is 28.6. The Balaban J connectivity index is 1.72. The third-order valence-corrected chi connectivity index (χ3v) is 5.51. The lowest BCUT2D eigenvalue weighted by Gasteiger charge is -2.18. The molecule has 32 heavy (non-hydrogen) atoms. The number of rotatable bonds is 7. The first-order valence-corrected chi connectivity index (χ1v) is 10.8. The lowest BCUT2D eigenvalue weighted by Crippen LogP contribution is -2.26. The average molecular weight is 427 g/mol. The minimum atomic E-state index is -0.356.